The normalized spacial score (nSPS) is 16.7. The van der Waals surface area contributed by atoms with E-state index in [1.807, 2.05) is 39.0 Å². The van der Waals surface area contributed by atoms with E-state index in [1.165, 1.54) is 22.3 Å². The topological polar surface area (TPSA) is 67.3 Å². The maximum absolute atomic E-state index is 12.8. The van der Waals surface area contributed by atoms with Gasteiger partial charge in [0.1, 0.15) is 4.90 Å². The van der Waals surface area contributed by atoms with E-state index in [-0.39, 0.29) is 15.9 Å². The first-order valence-electron chi connectivity index (χ1n) is 9.53. The zero-order valence-corrected chi connectivity index (χ0v) is 18.1. The molecule has 5 nitrogen and oxygen atoms in total. The molecule has 28 heavy (non-hydrogen) atoms. The SMILES string of the molecule is Cc1ccc(C)c(C(=O)C(C)Sc2ccc(S(=O)(=O)N3CCCCC3)cn2)c1. The van der Waals surface area contributed by atoms with Crippen molar-refractivity contribution in [2.75, 3.05) is 13.1 Å². The number of pyridine rings is 1. The molecule has 1 aromatic heterocycles. The second kappa shape index (κ2) is 8.76. The Balaban J connectivity index is 1.71. The summed E-state index contributed by atoms with van der Waals surface area (Å²) in [5, 5.41) is 0.335. The molecule has 2 aromatic rings. The Bertz CT molecular complexity index is 950. The van der Waals surface area contributed by atoms with Gasteiger partial charge in [-0.2, -0.15) is 4.31 Å². The van der Waals surface area contributed by atoms with E-state index in [2.05, 4.69) is 4.98 Å². The van der Waals surface area contributed by atoms with Gasteiger partial charge < -0.3 is 0 Å². The highest BCUT2D eigenvalue weighted by Gasteiger charge is 2.26. The summed E-state index contributed by atoms with van der Waals surface area (Å²) < 4.78 is 27.0. The highest BCUT2D eigenvalue weighted by Crippen LogP contribution is 2.27. The summed E-state index contributed by atoms with van der Waals surface area (Å²) in [6, 6.07) is 9.14. The van der Waals surface area contributed by atoms with Crippen LogP contribution in [-0.4, -0.2) is 41.8 Å². The van der Waals surface area contributed by atoms with Crippen molar-refractivity contribution in [3.63, 3.8) is 0 Å². The van der Waals surface area contributed by atoms with Gasteiger partial charge in [-0.05, 0) is 57.4 Å². The lowest BCUT2D eigenvalue weighted by atomic mass is 10.0. The van der Waals surface area contributed by atoms with Crippen molar-refractivity contribution in [3.8, 4) is 0 Å². The molecule has 3 rings (SSSR count). The van der Waals surface area contributed by atoms with Crippen LogP contribution in [0.5, 0.6) is 0 Å². The van der Waals surface area contributed by atoms with Crippen LogP contribution in [0.2, 0.25) is 0 Å². The summed E-state index contributed by atoms with van der Waals surface area (Å²) in [7, 11) is -3.48. The molecule has 0 bridgehead atoms. The number of aromatic nitrogens is 1. The fourth-order valence-electron chi connectivity index (χ4n) is 3.30. The standard InChI is InChI=1S/C21H26N2O3S2/c1-15-7-8-16(2)19(13-15)21(24)17(3)27-20-10-9-18(14-22-20)28(25,26)23-11-5-4-6-12-23/h7-10,13-14,17H,4-6,11-12H2,1-3H3. The Hall–Kier alpha value is -1.70. The monoisotopic (exact) mass is 418 g/mol. The number of sulfonamides is 1. The van der Waals surface area contributed by atoms with Crippen LogP contribution >= 0.6 is 11.8 Å². The molecule has 150 valence electrons. The lowest BCUT2D eigenvalue weighted by Crippen LogP contribution is -2.35. The van der Waals surface area contributed by atoms with Gasteiger partial charge in [-0.1, -0.05) is 35.9 Å². The molecule has 1 atom stereocenters. The summed E-state index contributed by atoms with van der Waals surface area (Å²) in [4.78, 5) is 17.3. The summed E-state index contributed by atoms with van der Waals surface area (Å²) in [5.74, 6) is 0.0537. The molecule has 0 saturated carbocycles. The molecule has 7 heteroatoms. The van der Waals surface area contributed by atoms with Gasteiger partial charge in [-0.25, -0.2) is 13.4 Å². The molecule has 0 aliphatic carbocycles. The number of carbonyl (C=O) groups is 1. The predicted molar refractivity (Wildman–Crippen MR) is 112 cm³/mol. The molecular formula is C21H26N2O3S2. The quantitative estimate of drug-likeness (QED) is 0.519. The minimum absolute atomic E-state index is 0.0537. The lowest BCUT2D eigenvalue weighted by Gasteiger charge is -2.25. The average Bonchev–Trinajstić information content (AvgIpc) is 2.70. The first kappa shape index (κ1) is 21.0. The van der Waals surface area contributed by atoms with Crippen LogP contribution in [0.1, 0.15) is 47.7 Å². The van der Waals surface area contributed by atoms with Gasteiger partial charge in [0.15, 0.2) is 5.78 Å². The second-order valence-corrected chi connectivity index (χ2v) is 10.5. The molecule has 0 N–H and O–H groups in total. The van der Waals surface area contributed by atoms with Gasteiger partial charge in [0.25, 0.3) is 0 Å². The smallest absolute Gasteiger partial charge is 0.244 e. The number of hydrogen-bond acceptors (Lipinski definition) is 5. The number of aryl methyl sites for hydroxylation is 2. The second-order valence-electron chi connectivity index (χ2n) is 7.24. The van der Waals surface area contributed by atoms with E-state index in [0.29, 0.717) is 18.1 Å². The Morgan fingerprint density at radius 3 is 2.46 bits per heavy atom. The van der Waals surface area contributed by atoms with E-state index >= 15 is 0 Å². The molecule has 1 saturated heterocycles. The van der Waals surface area contributed by atoms with E-state index in [9.17, 15) is 13.2 Å². The fraction of sp³-hybridized carbons (Fsp3) is 0.429. The molecule has 2 heterocycles. The summed E-state index contributed by atoms with van der Waals surface area (Å²) in [6.07, 6.45) is 4.28. The minimum atomic E-state index is -3.48. The molecule has 1 fully saturated rings. The number of thioether (sulfide) groups is 1. The maximum Gasteiger partial charge on any atom is 0.244 e. The lowest BCUT2D eigenvalue weighted by molar-refractivity contribution is 0.0993. The van der Waals surface area contributed by atoms with Gasteiger partial charge >= 0.3 is 0 Å². The fourth-order valence-corrected chi connectivity index (χ4v) is 5.62. The van der Waals surface area contributed by atoms with Gasteiger partial charge in [0.05, 0.1) is 10.3 Å². The van der Waals surface area contributed by atoms with Crippen molar-refractivity contribution in [2.45, 2.75) is 55.2 Å². The number of nitrogens with zero attached hydrogens (tertiary/aromatic N) is 2. The Labute approximate surface area is 171 Å². The number of carbonyl (C=O) groups excluding carboxylic acids is 1. The summed E-state index contributed by atoms with van der Waals surface area (Å²) >= 11 is 1.35. The third kappa shape index (κ3) is 4.64. The molecule has 0 amide bonds. The van der Waals surface area contributed by atoms with Crippen molar-refractivity contribution in [1.29, 1.82) is 0 Å². The van der Waals surface area contributed by atoms with Crippen LogP contribution in [0.4, 0.5) is 0 Å². The Morgan fingerprint density at radius 1 is 1.11 bits per heavy atom. The molecular weight excluding hydrogens is 392 g/mol. The number of ketones is 1. The highest BCUT2D eigenvalue weighted by atomic mass is 32.2. The van der Waals surface area contributed by atoms with Gasteiger partial charge in [-0.15, -0.1) is 0 Å². The van der Waals surface area contributed by atoms with Crippen LogP contribution in [-0.2, 0) is 10.0 Å². The van der Waals surface area contributed by atoms with Gasteiger partial charge in [0.2, 0.25) is 10.0 Å². The third-order valence-electron chi connectivity index (χ3n) is 4.99. The van der Waals surface area contributed by atoms with Crippen molar-refractivity contribution in [1.82, 2.24) is 9.29 Å². The van der Waals surface area contributed by atoms with Crippen LogP contribution in [0.3, 0.4) is 0 Å². The van der Waals surface area contributed by atoms with Gasteiger partial charge in [0, 0.05) is 24.8 Å². The van der Waals surface area contributed by atoms with Crippen LogP contribution in [0.15, 0.2) is 46.5 Å². The van der Waals surface area contributed by atoms with Crippen LogP contribution in [0.25, 0.3) is 0 Å². The maximum atomic E-state index is 12.8. The van der Waals surface area contributed by atoms with Crippen molar-refractivity contribution < 1.29 is 13.2 Å². The number of rotatable bonds is 6. The number of benzene rings is 1. The number of Topliss-reactive ketones (excluding diaryl/α,β-unsaturated/α-hetero) is 1. The molecule has 1 aromatic carbocycles. The van der Waals surface area contributed by atoms with Crippen molar-refractivity contribution in [3.05, 3.63) is 53.2 Å². The molecule has 1 aliphatic rings. The van der Waals surface area contributed by atoms with E-state index in [1.54, 1.807) is 12.1 Å². The van der Waals surface area contributed by atoms with E-state index in [4.69, 9.17) is 0 Å². The van der Waals surface area contributed by atoms with Crippen LogP contribution in [0, 0.1) is 13.8 Å². The molecule has 0 radical (unpaired) electrons. The summed E-state index contributed by atoms with van der Waals surface area (Å²) in [5.41, 5.74) is 2.74. The molecule has 1 aliphatic heterocycles. The van der Waals surface area contributed by atoms with Crippen molar-refractivity contribution >= 4 is 27.6 Å². The first-order valence-corrected chi connectivity index (χ1v) is 11.9. The largest absolute Gasteiger partial charge is 0.293 e. The molecule has 1 unspecified atom stereocenters. The minimum Gasteiger partial charge on any atom is -0.293 e. The number of piperidine rings is 1. The zero-order chi connectivity index (χ0) is 20.3. The highest BCUT2D eigenvalue weighted by molar-refractivity contribution is 8.00. The van der Waals surface area contributed by atoms with Crippen LogP contribution < -0.4 is 0 Å². The Kier molecular flexibility index (Phi) is 6.58. The van der Waals surface area contributed by atoms with Crippen molar-refractivity contribution in [2.24, 2.45) is 0 Å². The number of hydrogen-bond donors (Lipinski definition) is 0. The third-order valence-corrected chi connectivity index (χ3v) is 7.92. The Morgan fingerprint density at radius 2 is 1.82 bits per heavy atom. The predicted octanol–water partition coefficient (Wildman–Crippen LogP) is 4.24. The first-order chi connectivity index (χ1) is 13.3. The van der Waals surface area contributed by atoms with E-state index in [0.717, 1.165) is 36.0 Å². The van der Waals surface area contributed by atoms with E-state index < -0.39 is 10.0 Å². The molecule has 0 spiro atoms. The zero-order valence-electron chi connectivity index (χ0n) is 16.5. The average molecular weight is 419 g/mol. The van der Waals surface area contributed by atoms with Gasteiger partial charge in [-0.3, -0.25) is 4.79 Å². The summed E-state index contributed by atoms with van der Waals surface area (Å²) in [6.45, 7) is 6.90.